The SMILES string of the molecule is COc1ccc(CN2CCCC2)cc1-c1ccc(O)c2c1[C@H](C)[C@@H]1C(=C(O)[C@]3(O)C(=O)C(C(N)=O)=C(O)[C@@H](N(C)C)[C@@H]3[C@H]1O)C2=O. The number of Topliss-reactive ketones (excluding diaryl/α,β-unsaturated/α-hetero) is 2. The van der Waals surface area contributed by atoms with E-state index >= 15 is 0 Å². The Labute approximate surface area is 266 Å². The van der Waals surface area contributed by atoms with E-state index in [2.05, 4.69) is 4.90 Å². The first-order valence-electron chi connectivity index (χ1n) is 15.3. The second-order valence-corrected chi connectivity index (χ2v) is 13.0. The molecule has 1 heterocycles. The first-order valence-corrected chi connectivity index (χ1v) is 15.3. The molecule has 0 saturated carbocycles. The number of methoxy groups -OCH3 is 1. The Hall–Kier alpha value is -4.23. The van der Waals surface area contributed by atoms with Gasteiger partial charge in [-0.1, -0.05) is 19.1 Å². The van der Waals surface area contributed by atoms with Crippen LogP contribution in [0.25, 0.3) is 11.1 Å². The Kier molecular flexibility index (Phi) is 7.75. The molecule has 244 valence electrons. The van der Waals surface area contributed by atoms with Gasteiger partial charge in [-0.25, -0.2) is 0 Å². The summed E-state index contributed by atoms with van der Waals surface area (Å²) in [5.41, 5.74) is 3.56. The number of rotatable bonds is 6. The van der Waals surface area contributed by atoms with Gasteiger partial charge in [-0.05, 0) is 80.8 Å². The highest BCUT2D eigenvalue weighted by Crippen LogP contribution is 2.57. The number of ketones is 2. The highest BCUT2D eigenvalue weighted by Gasteiger charge is 2.67. The summed E-state index contributed by atoms with van der Waals surface area (Å²) in [6.45, 7) is 4.43. The molecule has 4 aliphatic rings. The number of benzene rings is 2. The van der Waals surface area contributed by atoms with Crippen LogP contribution in [0.2, 0.25) is 0 Å². The smallest absolute Gasteiger partial charge is 0.255 e. The number of ether oxygens (including phenoxy) is 1. The maximum Gasteiger partial charge on any atom is 0.255 e. The van der Waals surface area contributed by atoms with Crippen LogP contribution in [0.15, 0.2) is 53.0 Å². The van der Waals surface area contributed by atoms with Crippen molar-refractivity contribution in [3.63, 3.8) is 0 Å². The van der Waals surface area contributed by atoms with Crippen molar-refractivity contribution < 1.29 is 44.7 Å². The van der Waals surface area contributed by atoms with Gasteiger partial charge in [-0.2, -0.15) is 0 Å². The van der Waals surface area contributed by atoms with E-state index in [1.807, 2.05) is 18.2 Å². The van der Waals surface area contributed by atoms with Crippen LogP contribution in [0, 0.1) is 11.8 Å². The Bertz CT molecular complexity index is 1720. The Morgan fingerprint density at radius 1 is 1.09 bits per heavy atom. The number of aromatic hydroxyl groups is 1. The largest absolute Gasteiger partial charge is 0.510 e. The molecule has 1 aliphatic heterocycles. The minimum atomic E-state index is -2.97. The summed E-state index contributed by atoms with van der Waals surface area (Å²) < 4.78 is 5.72. The van der Waals surface area contributed by atoms with Crippen LogP contribution >= 0.6 is 0 Å². The topological polar surface area (TPSA) is 194 Å². The number of amides is 1. The third kappa shape index (κ3) is 4.38. The summed E-state index contributed by atoms with van der Waals surface area (Å²) in [6, 6.07) is 7.52. The molecule has 0 bridgehead atoms. The van der Waals surface area contributed by atoms with Crippen molar-refractivity contribution >= 4 is 17.5 Å². The number of likely N-dealkylation sites (tertiary alicyclic amines) is 1. The number of phenolic OH excluding ortho intramolecular Hbond substituents is 1. The van der Waals surface area contributed by atoms with Gasteiger partial charge in [0.2, 0.25) is 5.78 Å². The third-order valence-corrected chi connectivity index (χ3v) is 10.3. The van der Waals surface area contributed by atoms with E-state index in [9.17, 15) is 39.9 Å². The lowest BCUT2D eigenvalue weighted by molar-refractivity contribution is -0.162. The summed E-state index contributed by atoms with van der Waals surface area (Å²) in [4.78, 5) is 44.0. The molecule has 7 N–H and O–H groups in total. The van der Waals surface area contributed by atoms with Crippen molar-refractivity contribution in [3.8, 4) is 22.6 Å². The molecule has 0 radical (unpaired) electrons. The van der Waals surface area contributed by atoms with Gasteiger partial charge in [0, 0.05) is 23.6 Å². The summed E-state index contributed by atoms with van der Waals surface area (Å²) >= 11 is 0. The molecule has 0 spiro atoms. The Balaban J connectivity index is 1.57. The number of aliphatic hydroxyl groups excluding tert-OH is 3. The van der Waals surface area contributed by atoms with Crippen molar-refractivity contribution in [2.24, 2.45) is 17.6 Å². The molecule has 1 saturated heterocycles. The van der Waals surface area contributed by atoms with Crippen molar-refractivity contribution in [2.45, 2.75) is 50.0 Å². The van der Waals surface area contributed by atoms with Crippen molar-refractivity contribution in [1.29, 1.82) is 0 Å². The van der Waals surface area contributed by atoms with E-state index in [1.165, 1.54) is 32.2 Å². The second kappa shape index (κ2) is 11.2. The molecule has 6 atom stereocenters. The number of hydrogen-bond acceptors (Lipinski definition) is 11. The first kappa shape index (κ1) is 31.7. The summed E-state index contributed by atoms with van der Waals surface area (Å²) in [5, 5.41) is 57.8. The number of hydrogen-bond donors (Lipinski definition) is 6. The molecule has 1 fully saturated rings. The molecule has 2 aromatic carbocycles. The van der Waals surface area contributed by atoms with Crippen molar-refractivity contribution in [2.75, 3.05) is 34.3 Å². The number of primary amides is 1. The molecule has 12 nitrogen and oxygen atoms in total. The van der Waals surface area contributed by atoms with Gasteiger partial charge in [0.1, 0.15) is 28.6 Å². The van der Waals surface area contributed by atoms with Crippen LogP contribution in [0.3, 0.4) is 0 Å². The maximum atomic E-state index is 14.3. The maximum absolute atomic E-state index is 14.3. The molecule has 46 heavy (non-hydrogen) atoms. The average molecular weight is 634 g/mol. The summed E-state index contributed by atoms with van der Waals surface area (Å²) in [7, 11) is 4.54. The number of fused-ring (bicyclic) bond motifs is 3. The van der Waals surface area contributed by atoms with Crippen LogP contribution in [-0.2, 0) is 16.1 Å². The minimum Gasteiger partial charge on any atom is -0.510 e. The van der Waals surface area contributed by atoms with E-state index in [0.717, 1.165) is 38.0 Å². The van der Waals surface area contributed by atoms with E-state index in [4.69, 9.17) is 10.5 Å². The average Bonchev–Trinajstić information content (AvgIpc) is 3.51. The predicted molar refractivity (Wildman–Crippen MR) is 166 cm³/mol. The fourth-order valence-corrected chi connectivity index (χ4v) is 8.20. The lowest BCUT2D eigenvalue weighted by Gasteiger charge is -2.53. The number of carbonyl (C=O) groups is 3. The lowest BCUT2D eigenvalue weighted by atomic mass is 9.55. The standard InChI is InChI=1S/C34H39N3O9/c1-15-21-17(18-13-16(7-10-20(18)46-4)14-37-11-5-6-12-37)8-9-19(38)23(21)28(39)24-22(15)29(40)26-27(36(2)3)30(41)25(33(35)44)32(43)34(26,45)31(24)42/h7-10,13,15,22,26-27,29,38,40-42,45H,5-6,11-12,14H2,1-4H3,(H2,35,44)/t15-,22+,26+,27-,29-,34-/m0/s1. The molecular weight excluding hydrogens is 594 g/mol. The molecular formula is C34H39N3O9. The number of carbonyl (C=O) groups excluding carboxylic acids is 3. The van der Waals surface area contributed by atoms with Gasteiger partial charge in [-0.15, -0.1) is 0 Å². The Morgan fingerprint density at radius 2 is 1.76 bits per heavy atom. The van der Waals surface area contributed by atoms with Gasteiger partial charge in [-0.3, -0.25) is 24.2 Å². The van der Waals surface area contributed by atoms with Crippen LogP contribution < -0.4 is 10.5 Å². The van der Waals surface area contributed by atoms with Crippen LogP contribution in [0.4, 0.5) is 0 Å². The van der Waals surface area contributed by atoms with Crippen LogP contribution in [0.5, 0.6) is 11.5 Å². The molecule has 3 aliphatic carbocycles. The van der Waals surface area contributed by atoms with Crippen molar-refractivity contribution in [3.05, 3.63) is 69.7 Å². The van der Waals surface area contributed by atoms with Gasteiger partial charge < -0.3 is 36.0 Å². The zero-order valence-electron chi connectivity index (χ0n) is 26.1. The van der Waals surface area contributed by atoms with Gasteiger partial charge in [0.15, 0.2) is 11.4 Å². The zero-order valence-corrected chi connectivity index (χ0v) is 26.1. The monoisotopic (exact) mass is 633 g/mol. The fourth-order valence-electron chi connectivity index (χ4n) is 8.20. The highest BCUT2D eigenvalue weighted by atomic mass is 16.5. The number of likely N-dealkylation sites (N-methyl/N-ethyl adjacent to an activating group) is 1. The molecule has 0 aromatic heterocycles. The molecule has 12 heteroatoms. The van der Waals surface area contributed by atoms with E-state index in [-0.39, 0.29) is 11.3 Å². The molecule has 6 rings (SSSR count). The normalized spacial score (nSPS) is 29.6. The van der Waals surface area contributed by atoms with E-state index in [1.54, 1.807) is 13.0 Å². The quantitative estimate of drug-likeness (QED) is 0.255. The zero-order chi connectivity index (χ0) is 33.4. The van der Waals surface area contributed by atoms with E-state index < -0.39 is 75.6 Å². The summed E-state index contributed by atoms with van der Waals surface area (Å²) in [6.07, 6.45) is 0.581. The lowest BCUT2D eigenvalue weighted by Crippen LogP contribution is -2.68. The molecule has 0 unspecified atom stereocenters. The number of nitrogens with zero attached hydrogens (tertiary/aromatic N) is 2. The second-order valence-electron chi connectivity index (χ2n) is 13.0. The first-order chi connectivity index (χ1) is 21.7. The van der Waals surface area contributed by atoms with Gasteiger partial charge >= 0.3 is 0 Å². The number of nitrogens with two attached hydrogens (primary N) is 1. The molecule has 2 aromatic rings. The van der Waals surface area contributed by atoms with Gasteiger partial charge in [0.05, 0.1) is 30.7 Å². The predicted octanol–water partition coefficient (Wildman–Crippen LogP) is 1.92. The van der Waals surface area contributed by atoms with E-state index in [0.29, 0.717) is 22.4 Å². The van der Waals surface area contributed by atoms with Crippen LogP contribution in [0.1, 0.15) is 47.2 Å². The fraction of sp³-hybridized carbons (Fsp3) is 0.441. The van der Waals surface area contributed by atoms with Crippen LogP contribution in [-0.4, -0.2) is 105 Å². The highest BCUT2D eigenvalue weighted by molar-refractivity contribution is 6.25. The van der Waals surface area contributed by atoms with Gasteiger partial charge in [0.25, 0.3) is 5.91 Å². The van der Waals surface area contributed by atoms with Crippen molar-refractivity contribution in [1.82, 2.24) is 9.80 Å². The third-order valence-electron chi connectivity index (χ3n) is 10.3. The summed E-state index contributed by atoms with van der Waals surface area (Å²) in [5.74, 6) is -8.85. The molecule has 1 amide bonds. The number of phenols is 1. The number of aliphatic hydroxyl groups is 4. The Morgan fingerprint density at radius 3 is 2.37 bits per heavy atom. The minimum absolute atomic E-state index is 0.148.